The first-order valence-corrected chi connectivity index (χ1v) is 6.97. The number of hydrogen-bond acceptors (Lipinski definition) is 2. The van der Waals surface area contributed by atoms with Gasteiger partial charge in [0.25, 0.3) is 0 Å². The molecular weight excluding hydrogens is 198 g/mol. The fourth-order valence-corrected chi connectivity index (χ4v) is 2.70. The molecule has 1 fully saturated rings. The first kappa shape index (κ1) is 14.0. The van der Waals surface area contributed by atoms with Gasteiger partial charge in [-0.1, -0.05) is 26.7 Å². The van der Waals surface area contributed by atoms with Crippen molar-refractivity contribution < 1.29 is 4.74 Å². The van der Waals surface area contributed by atoms with Crippen LogP contribution in [0.3, 0.4) is 0 Å². The van der Waals surface area contributed by atoms with Crippen molar-refractivity contribution >= 4 is 0 Å². The van der Waals surface area contributed by atoms with Gasteiger partial charge in [0.05, 0.1) is 0 Å². The Labute approximate surface area is 101 Å². The number of nitrogens with one attached hydrogen (secondary N) is 1. The van der Waals surface area contributed by atoms with Gasteiger partial charge in [-0.2, -0.15) is 0 Å². The van der Waals surface area contributed by atoms with Crippen LogP contribution in [-0.2, 0) is 4.74 Å². The number of ether oxygens (including phenoxy) is 1. The van der Waals surface area contributed by atoms with Crippen LogP contribution in [0.25, 0.3) is 0 Å². The van der Waals surface area contributed by atoms with Crippen molar-refractivity contribution in [1.82, 2.24) is 5.32 Å². The molecule has 0 unspecified atom stereocenters. The van der Waals surface area contributed by atoms with E-state index in [0.717, 1.165) is 25.7 Å². The van der Waals surface area contributed by atoms with E-state index >= 15 is 0 Å². The predicted molar refractivity (Wildman–Crippen MR) is 69.7 cm³/mol. The molecule has 0 aromatic heterocycles. The lowest BCUT2D eigenvalue weighted by molar-refractivity contribution is 0.103. The van der Waals surface area contributed by atoms with E-state index in [1.54, 1.807) is 0 Å². The van der Waals surface area contributed by atoms with Crippen molar-refractivity contribution in [2.24, 2.45) is 11.3 Å². The lowest BCUT2D eigenvalue weighted by atomic mass is 9.83. The Bertz CT molecular complexity index is 174. The van der Waals surface area contributed by atoms with Gasteiger partial charge in [-0.3, -0.25) is 0 Å². The molecule has 1 N–H and O–H groups in total. The van der Waals surface area contributed by atoms with Crippen LogP contribution in [-0.4, -0.2) is 26.3 Å². The molecule has 0 aliphatic heterocycles. The lowest BCUT2D eigenvalue weighted by Gasteiger charge is -2.29. The SMILES string of the molecule is CCOCCC1(CNCC(C)C)CCCC1. The summed E-state index contributed by atoms with van der Waals surface area (Å²) in [4.78, 5) is 0. The molecule has 16 heavy (non-hydrogen) atoms. The second kappa shape index (κ2) is 7.29. The van der Waals surface area contributed by atoms with Gasteiger partial charge in [0.1, 0.15) is 0 Å². The second-order valence-corrected chi connectivity index (χ2v) is 5.68. The van der Waals surface area contributed by atoms with E-state index in [1.807, 2.05) is 0 Å². The molecule has 1 rings (SSSR count). The Kier molecular flexibility index (Phi) is 6.37. The summed E-state index contributed by atoms with van der Waals surface area (Å²) in [5.41, 5.74) is 0.546. The molecule has 1 aliphatic rings. The van der Waals surface area contributed by atoms with Crippen molar-refractivity contribution in [2.75, 3.05) is 26.3 Å². The quantitative estimate of drug-likeness (QED) is 0.643. The summed E-state index contributed by atoms with van der Waals surface area (Å²) in [6, 6.07) is 0. The highest BCUT2D eigenvalue weighted by Gasteiger charge is 2.32. The second-order valence-electron chi connectivity index (χ2n) is 5.68. The van der Waals surface area contributed by atoms with Crippen LogP contribution in [0.2, 0.25) is 0 Å². The van der Waals surface area contributed by atoms with Gasteiger partial charge in [-0.25, -0.2) is 0 Å². The number of hydrogen-bond donors (Lipinski definition) is 1. The molecule has 2 nitrogen and oxygen atoms in total. The Morgan fingerprint density at radius 2 is 1.94 bits per heavy atom. The summed E-state index contributed by atoms with van der Waals surface area (Å²) in [5.74, 6) is 0.755. The van der Waals surface area contributed by atoms with Crippen LogP contribution in [0.4, 0.5) is 0 Å². The molecule has 0 aromatic rings. The maximum atomic E-state index is 5.52. The highest BCUT2D eigenvalue weighted by atomic mass is 16.5. The standard InChI is InChI=1S/C14H29NO/c1-4-16-10-9-14(7-5-6-8-14)12-15-11-13(2)3/h13,15H,4-12H2,1-3H3. The van der Waals surface area contributed by atoms with E-state index in [9.17, 15) is 0 Å². The summed E-state index contributed by atoms with van der Waals surface area (Å²) in [7, 11) is 0. The van der Waals surface area contributed by atoms with E-state index < -0.39 is 0 Å². The molecule has 0 spiro atoms. The largest absolute Gasteiger partial charge is 0.382 e. The van der Waals surface area contributed by atoms with Crippen molar-refractivity contribution in [1.29, 1.82) is 0 Å². The van der Waals surface area contributed by atoms with Crippen molar-refractivity contribution in [3.05, 3.63) is 0 Å². The van der Waals surface area contributed by atoms with Crippen molar-refractivity contribution in [2.45, 2.75) is 52.9 Å². The molecule has 1 saturated carbocycles. The third-order valence-electron chi connectivity index (χ3n) is 3.70. The fraction of sp³-hybridized carbons (Fsp3) is 1.00. The number of rotatable bonds is 8. The maximum Gasteiger partial charge on any atom is 0.0471 e. The van der Waals surface area contributed by atoms with Gasteiger partial charge in [-0.15, -0.1) is 0 Å². The highest BCUT2D eigenvalue weighted by molar-refractivity contribution is 4.86. The van der Waals surface area contributed by atoms with E-state index in [0.29, 0.717) is 5.41 Å². The topological polar surface area (TPSA) is 21.3 Å². The van der Waals surface area contributed by atoms with Crippen LogP contribution in [0.1, 0.15) is 52.9 Å². The van der Waals surface area contributed by atoms with Gasteiger partial charge in [0, 0.05) is 19.8 Å². The zero-order valence-corrected chi connectivity index (χ0v) is 11.3. The predicted octanol–water partition coefficient (Wildman–Crippen LogP) is 3.22. The highest BCUT2D eigenvalue weighted by Crippen LogP contribution is 2.40. The molecule has 0 bridgehead atoms. The van der Waals surface area contributed by atoms with Crippen LogP contribution in [0.15, 0.2) is 0 Å². The Hall–Kier alpha value is -0.0800. The Balaban J connectivity index is 2.27. The minimum Gasteiger partial charge on any atom is -0.382 e. The molecule has 96 valence electrons. The molecule has 0 atom stereocenters. The van der Waals surface area contributed by atoms with E-state index in [1.165, 1.54) is 38.6 Å². The molecule has 0 saturated heterocycles. The molecule has 0 heterocycles. The average molecular weight is 227 g/mol. The first-order valence-electron chi connectivity index (χ1n) is 6.97. The van der Waals surface area contributed by atoms with E-state index in [-0.39, 0.29) is 0 Å². The summed E-state index contributed by atoms with van der Waals surface area (Å²) in [5, 5.41) is 3.64. The zero-order valence-electron chi connectivity index (χ0n) is 11.3. The van der Waals surface area contributed by atoms with Crippen LogP contribution < -0.4 is 5.32 Å². The van der Waals surface area contributed by atoms with E-state index in [4.69, 9.17) is 4.74 Å². The van der Waals surface area contributed by atoms with Gasteiger partial charge in [0.2, 0.25) is 0 Å². The normalized spacial score (nSPS) is 19.5. The van der Waals surface area contributed by atoms with Gasteiger partial charge in [0.15, 0.2) is 0 Å². The van der Waals surface area contributed by atoms with Crippen molar-refractivity contribution in [3.8, 4) is 0 Å². The average Bonchev–Trinajstić information content (AvgIpc) is 2.67. The Morgan fingerprint density at radius 1 is 1.25 bits per heavy atom. The third kappa shape index (κ3) is 4.84. The summed E-state index contributed by atoms with van der Waals surface area (Å²) < 4.78 is 5.52. The smallest absolute Gasteiger partial charge is 0.0471 e. The Morgan fingerprint density at radius 3 is 2.50 bits per heavy atom. The van der Waals surface area contributed by atoms with E-state index in [2.05, 4.69) is 26.1 Å². The first-order chi connectivity index (χ1) is 7.68. The van der Waals surface area contributed by atoms with Gasteiger partial charge < -0.3 is 10.1 Å². The van der Waals surface area contributed by atoms with Gasteiger partial charge in [-0.05, 0) is 44.1 Å². The van der Waals surface area contributed by atoms with Crippen LogP contribution >= 0.6 is 0 Å². The summed E-state index contributed by atoms with van der Waals surface area (Å²) in [6.07, 6.45) is 6.85. The summed E-state index contributed by atoms with van der Waals surface area (Å²) in [6.45, 7) is 10.8. The molecule has 0 amide bonds. The molecule has 1 aliphatic carbocycles. The molecule has 0 aromatic carbocycles. The fourth-order valence-electron chi connectivity index (χ4n) is 2.70. The van der Waals surface area contributed by atoms with Crippen LogP contribution in [0.5, 0.6) is 0 Å². The van der Waals surface area contributed by atoms with Crippen LogP contribution in [0, 0.1) is 11.3 Å². The maximum absolute atomic E-state index is 5.52. The zero-order chi connectivity index (χ0) is 11.9. The molecular formula is C14H29NO. The third-order valence-corrected chi connectivity index (χ3v) is 3.70. The minimum absolute atomic E-state index is 0.546. The van der Waals surface area contributed by atoms with Crippen molar-refractivity contribution in [3.63, 3.8) is 0 Å². The molecule has 0 radical (unpaired) electrons. The minimum atomic E-state index is 0.546. The summed E-state index contributed by atoms with van der Waals surface area (Å²) >= 11 is 0. The lowest BCUT2D eigenvalue weighted by Crippen LogP contribution is -2.35. The molecule has 2 heteroatoms. The monoisotopic (exact) mass is 227 g/mol. The van der Waals surface area contributed by atoms with Gasteiger partial charge >= 0.3 is 0 Å².